The van der Waals surface area contributed by atoms with Gasteiger partial charge in [0.1, 0.15) is 5.82 Å². The van der Waals surface area contributed by atoms with Gasteiger partial charge in [0.25, 0.3) is 0 Å². The second-order valence-electron chi connectivity index (χ2n) is 5.15. The molecule has 0 fully saturated rings. The summed E-state index contributed by atoms with van der Waals surface area (Å²) in [6.07, 6.45) is 5.04. The highest BCUT2D eigenvalue weighted by Gasteiger charge is 2.11. The van der Waals surface area contributed by atoms with Crippen LogP contribution in [0.15, 0.2) is 55.0 Å². The summed E-state index contributed by atoms with van der Waals surface area (Å²) in [5, 5.41) is 0.694. The molecule has 2 nitrogen and oxygen atoms in total. The van der Waals surface area contributed by atoms with Gasteiger partial charge in [-0.1, -0.05) is 36.7 Å². The van der Waals surface area contributed by atoms with Gasteiger partial charge in [0.15, 0.2) is 0 Å². The Labute approximate surface area is 134 Å². The zero-order valence-electron chi connectivity index (χ0n) is 12.3. The van der Waals surface area contributed by atoms with Gasteiger partial charge in [-0.15, -0.1) is 0 Å². The molecule has 0 N–H and O–H groups in total. The molecule has 0 saturated heterocycles. The number of aromatic nitrogens is 2. The predicted molar refractivity (Wildman–Crippen MR) is 87.2 cm³/mol. The Balaban J connectivity index is 2.07. The van der Waals surface area contributed by atoms with E-state index in [4.69, 9.17) is 11.6 Å². The van der Waals surface area contributed by atoms with E-state index in [0.29, 0.717) is 11.4 Å². The molecule has 0 aliphatic rings. The van der Waals surface area contributed by atoms with Crippen molar-refractivity contribution >= 4 is 11.6 Å². The van der Waals surface area contributed by atoms with Crippen LogP contribution in [0.4, 0.5) is 4.39 Å². The molecule has 1 heterocycles. The molecule has 112 valence electrons. The molecule has 0 atom stereocenters. The number of halogens is 2. The van der Waals surface area contributed by atoms with Crippen LogP contribution in [-0.4, -0.2) is 9.55 Å². The van der Waals surface area contributed by atoms with Gasteiger partial charge in [0.2, 0.25) is 0 Å². The Morgan fingerprint density at radius 1 is 1.14 bits per heavy atom. The van der Waals surface area contributed by atoms with Gasteiger partial charge in [-0.3, -0.25) is 0 Å². The first-order valence-electron chi connectivity index (χ1n) is 7.22. The van der Waals surface area contributed by atoms with Gasteiger partial charge < -0.3 is 4.57 Å². The zero-order chi connectivity index (χ0) is 15.5. The maximum atomic E-state index is 13.7. The van der Waals surface area contributed by atoms with E-state index in [1.54, 1.807) is 18.5 Å². The maximum absolute atomic E-state index is 13.7. The van der Waals surface area contributed by atoms with Gasteiger partial charge in [-0.05, 0) is 41.8 Å². The lowest BCUT2D eigenvalue weighted by Crippen LogP contribution is -2.03. The summed E-state index contributed by atoms with van der Waals surface area (Å²) < 4.78 is 15.7. The Hall–Kier alpha value is -2.13. The number of imidazole rings is 1. The van der Waals surface area contributed by atoms with Crippen molar-refractivity contribution in [1.82, 2.24) is 9.55 Å². The lowest BCUT2D eigenvalue weighted by atomic mass is 10.0. The fraction of sp³-hybridized carbons (Fsp3) is 0.167. The van der Waals surface area contributed by atoms with Crippen LogP contribution in [0.5, 0.6) is 0 Å². The summed E-state index contributed by atoms with van der Waals surface area (Å²) >= 11 is 6.24. The number of rotatable bonds is 4. The standard InChI is InChI=1S/C18H16ClFN2/c1-2-16-11-21-12-22(16)18-8-7-15(20)10-14(18)9-13-5-3-4-6-17(13)19/h3-8,10-12H,2,9H2,1H3. The van der Waals surface area contributed by atoms with Crippen LogP contribution in [-0.2, 0) is 12.8 Å². The Morgan fingerprint density at radius 2 is 1.95 bits per heavy atom. The largest absolute Gasteiger partial charge is 0.303 e. The number of aryl methyl sites for hydroxylation is 1. The summed E-state index contributed by atoms with van der Waals surface area (Å²) in [4.78, 5) is 4.20. The molecule has 0 aliphatic heterocycles. The van der Waals surface area contributed by atoms with Crippen molar-refractivity contribution in [2.45, 2.75) is 19.8 Å². The second kappa shape index (κ2) is 6.32. The summed E-state index contributed by atoms with van der Waals surface area (Å²) in [6, 6.07) is 12.5. The van der Waals surface area contributed by atoms with Gasteiger partial charge in [0.05, 0.1) is 12.0 Å². The molecule has 0 spiro atoms. The summed E-state index contributed by atoms with van der Waals surface area (Å²) in [7, 11) is 0. The highest BCUT2D eigenvalue weighted by atomic mass is 35.5. The van der Waals surface area contributed by atoms with E-state index in [2.05, 4.69) is 11.9 Å². The fourth-order valence-corrected chi connectivity index (χ4v) is 2.78. The maximum Gasteiger partial charge on any atom is 0.123 e. The summed E-state index contributed by atoms with van der Waals surface area (Å²) in [5.74, 6) is -0.246. The van der Waals surface area contributed by atoms with Crippen molar-refractivity contribution in [3.63, 3.8) is 0 Å². The SMILES string of the molecule is CCc1cncn1-c1ccc(F)cc1Cc1ccccc1Cl. The molecule has 3 aromatic rings. The van der Waals surface area contributed by atoms with E-state index in [1.165, 1.54) is 6.07 Å². The molecule has 22 heavy (non-hydrogen) atoms. The summed E-state index contributed by atoms with van der Waals surface area (Å²) in [5.41, 5.74) is 3.90. The Bertz CT molecular complexity index is 795. The normalized spacial score (nSPS) is 10.9. The van der Waals surface area contributed by atoms with Crippen LogP contribution in [0.2, 0.25) is 5.02 Å². The Morgan fingerprint density at radius 3 is 2.73 bits per heavy atom. The third-order valence-corrected chi connectivity index (χ3v) is 4.09. The van der Waals surface area contributed by atoms with Crippen molar-refractivity contribution in [3.05, 3.63) is 82.6 Å². The Kier molecular flexibility index (Phi) is 4.25. The molecule has 0 aliphatic carbocycles. The zero-order valence-corrected chi connectivity index (χ0v) is 13.0. The average molecular weight is 315 g/mol. The van der Waals surface area contributed by atoms with Crippen molar-refractivity contribution < 1.29 is 4.39 Å². The highest BCUT2D eigenvalue weighted by Crippen LogP contribution is 2.24. The third kappa shape index (κ3) is 2.90. The second-order valence-corrected chi connectivity index (χ2v) is 5.56. The van der Waals surface area contributed by atoms with E-state index >= 15 is 0 Å². The molecular formula is C18H16ClFN2. The van der Waals surface area contributed by atoms with Gasteiger partial charge >= 0.3 is 0 Å². The molecule has 2 aromatic carbocycles. The highest BCUT2D eigenvalue weighted by molar-refractivity contribution is 6.31. The smallest absolute Gasteiger partial charge is 0.123 e. The van der Waals surface area contributed by atoms with Gasteiger partial charge in [0, 0.05) is 23.3 Å². The molecule has 0 radical (unpaired) electrons. The number of hydrogen-bond donors (Lipinski definition) is 0. The topological polar surface area (TPSA) is 17.8 Å². The van der Waals surface area contributed by atoms with E-state index in [0.717, 1.165) is 28.9 Å². The minimum atomic E-state index is -0.246. The molecule has 0 unspecified atom stereocenters. The quantitative estimate of drug-likeness (QED) is 0.675. The minimum Gasteiger partial charge on any atom is -0.303 e. The van der Waals surface area contributed by atoms with Crippen LogP contribution in [0.25, 0.3) is 5.69 Å². The molecule has 0 amide bonds. The lowest BCUT2D eigenvalue weighted by Gasteiger charge is -2.14. The monoisotopic (exact) mass is 314 g/mol. The summed E-state index contributed by atoms with van der Waals surface area (Å²) in [6.45, 7) is 2.07. The van der Waals surface area contributed by atoms with Gasteiger partial charge in [-0.25, -0.2) is 9.37 Å². The van der Waals surface area contributed by atoms with Crippen molar-refractivity contribution in [3.8, 4) is 5.69 Å². The number of benzene rings is 2. The molecule has 0 saturated carbocycles. The first kappa shape index (κ1) is 14.8. The van der Waals surface area contributed by atoms with Crippen LogP contribution in [0.1, 0.15) is 23.7 Å². The first-order valence-corrected chi connectivity index (χ1v) is 7.60. The average Bonchev–Trinajstić information content (AvgIpc) is 2.98. The van der Waals surface area contributed by atoms with E-state index in [9.17, 15) is 4.39 Å². The third-order valence-electron chi connectivity index (χ3n) is 3.72. The van der Waals surface area contributed by atoms with E-state index in [1.807, 2.05) is 35.0 Å². The minimum absolute atomic E-state index is 0.246. The van der Waals surface area contributed by atoms with Crippen molar-refractivity contribution in [2.24, 2.45) is 0 Å². The van der Waals surface area contributed by atoms with Crippen LogP contribution >= 0.6 is 11.6 Å². The number of hydrogen-bond acceptors (Lipinski definition) is 1. The van der Waals surface area contributed by atoms with Crippen LogP contribution < -0.4 is 0 Å². The molecular weight excluding hydrogens is 299 g/mol. The first-order chi connectivity index (χ1) is 10.7. The predicted octanol–water partition coefficient (Wildman–Crippen LogP) is 4.82. The van der Waals surface area contributed by atoms with E-state index in [-0.39, 0.29) is 5.82 Å². The molecule has 0 bridgehead atoms. The van der Waals surface area contributed by atoms with E-state index < -0.39 is 0 Å². The van der Waals surface area contributed by atoms with Gasteiger partial charge in [-0.2, -0.15) is 0 Å². The van der Waals surface area contributed by atoms with Crippen molar-refractivity contribution in [1.29, 1.82) is 0 Å². The number of nitrogens with zero attached hydrogens (tertiary/aromatic N) is 2. The molecule has 3 rings (SSSR count). The van der Waals surface area contributed by atoms with Crippen LogP contribution in [0.3, 0.4) is 0 Å². The molecule has 4 heteroatoms. The van der Waals surface area contributed by atoms with Crippen LogP contribution in [0, 0.1) is 5.82 Å². The van der Waals surface area contributed by atoms with Crippen molar-refractivity contribution in [2.75, 3.05) is 0 Å². The lowest BCUT2D eigenvalue weighted by molar-refractivity contribution is 0.625. The fourth-order valence-electron chi connectivity index (χ4n) is 2.58. The molecule has 1 aromatic heterocycles.